The van der Waals surface area contributed by atoms with Gasteiger partial charge in [-0.2, -0.15) is 0 Å². The van der Waals surface area contributed by atoms with Crippen LogP contribution in [0.2, 0.25) is 0 Å². The lowest BCUT2D eigenvalue weighted by atomic mass is 10.2. The monoisotopic (exact) mass is 239 g/mol. The molecule has 0 fully saturated rings. The van der Waals surface area contributed by atoms with E-state index < -0.39 is 9.84 Å². The van der Waals surface area contributed by atoms with Gasteiger partial charge < -0.3 is 5.32 Å². The fourth-order valence-corrected chi connectivity index (χ4v) is 2.34. The first-order chi connectivity index (χ1) is 7.45. The average molecular weight is 239 g/mol. The second-order valence-corrected chi connectivity index (χ2v) is 5.82. The molecule has 1 aromatic rings. The quantitative estimate of drug-likeness (QED) is 0.803. The number of para-hydroxylation sites is 1. The molecule has 16 heavy (non-hydrogen) atoms. The topological polar surface area (TPSA) is 46.2 Å². The van der Waals surface area contributed by atoms with E-state index in [1.807, 2.05) is 13.0 Å². The molecule has 1 unspecified atom stereocenters. The van der Waals surface area contributed by atoms with E-state index in [2.05, 4.69) is 11.9 Å². The fraction of sp³-hybridized carbons (Fsp3) is 0.333. The molecule has 0 bridgehead atoms. The molecule has 0 amide bonds. The largest absolute Gasteiger partial charge is 0.381 e. The highest BCUT2D eigenvalue weighted by molar-refractivity contribution is 7.90. The van der Waals surface area contributed by atoms with E-state index in [0.717, 1.165) is 6.42 Å². The predicted octanol–water partition coefficient (Wildman–Crippen LogP) is 2.47. The van der Waals surface area contributed by atoms with Gasteiger partial charge in [-0.05, 0) is 25.5 Å². The second-order valence-electron chi connectivity index (χ2n) is 3.84. The summed E-state index contributed by atoms with van der Waals surface area (Å²) in [6.07, 6.45) is 3.81. The van der Waals surface area contributed by atoms with E-state index >= 15 is 0 Å². The Morgan fingerprint density at radius 2 is 2.06 bits per heavy atom. The molecule has 0 aliphatic rings. The summed E-state index contributed by atoms with van der Waals surface area (Å²) in [4.78, 5) is 0.339. The molecule has 0 aliphatic carbocycles. The molecule has 4 heteroatoms. The number of anilines is 1. The summed E-state index contributed by atoms with van der Waals surface area (Å²) in [6.45, 7) is 5.64. The highest BCUT2D eigenvalue weighted by atomic mass is 32.2. The summed E-state index contributed by atoms with van der Waals surface area (Å²) in [5.74, 6) is 0. The SMILES string of the molecule is C=CCC(C)Nc1ccccc1S(C)(=O)=O. The Bertz CT molecular complexity index is 466. The standard InChI is InChI=1S/C12H17NO2S/c1-4-7-10(2)13-11-8-5-6-9-12(11)16(3,14)15/h4-6,8-10,13H,1,7H2,2-3H3. The van der Waals surface area contributed by atoms with Crippen molar-refractivity contribution in [2.24, 2.45) is 0 Å². The Morgan fingerprint density at radius 3 is 2.62 bits per heavy atom. The number of benzene rings is 1. The minimum absolute atomic E-state index is 0.167. The van der Waals surface area contributed by atoms with Gasteiger partial charge in [0.15, 0.2) is 9.84 Å². The molecule has 1 rings (SSSR count). The van der Waals surface area contributed by atoms with Crippen LogP contribution in [-0.4, -0.2) is 20.7 Å². The van der Waals surface area contributed by atoms with Crippen molar-refractivity contribution >= 4 is 15.5 Å². The van der Waals surface area contributed by atoms with Crippen molar-refractivity contribution in [3.05, 3.63) is 36.9 Å². The Kier molecular flexibility index (Phi) is 4.12. The molecule has 0 saturated heterocycles. The third-order valence-electron chi connectivity index (χ3n) is 2.21. The molecule has 1 N–H and O–H groups in total. The number of hydrogen-bond donors (Lipinski definition) is 1. The van der Waals surface area contributed by atoms with Crippen LogP contribution in [0.4, 0.5) is 5.69 Å². The maximum Gasteiger partial charge on any atom is 0.177 e. The van der Waals surface area contributed by atoms with Gasteiger partial charge in [0.1, 0.15) is 0 Å². The summed E-state index contributed by atoms with van der Waals surface area (Å²) in [7, 11) is -3.18. The van der Waals surface area contributed by atoms with Gasteiger partial charge in [0, 0.05) is 12.3 Å². The maximum atomic E-state index is 11.5. The smallest absolute Gasteiger partial charge is 0.177 e. The van der Waals surface area contributed by atoms with E-state index in [1.54, 1.807) is 24.3 Å². The molecular weight excluding hydrogens is 222 g/mol. The van der Waals surface area contributed by atoms with E-state index in [9.17, 15) is 8.42 Å². The molecule has 0 aromatic heterocycles. The van der Waals surface area contributed by atoms with Crippen molar-refractivity contribution in [1.82, 2.24) is 0 Å². The Morgan fingerprint density at radius 1 is 1.44 bits per heavy atom. The van der Waals surface area contributed by atoms with Gasteiger partial charge in [-0.25, -0.2) is 8.42 Å². The Hall–Kier alpha value is -1.29. The molecule has 1 atom stereocenters. The summed E-state index contributed by atoms with van der Waals surface area (Å²) < 4.78 is 23.1. The minimum Gasteiger partial charge on any atom is -0.381 e. The third kappa shape index (κ3) is 3.38. The van der Waals surface area contributed by atoms with Crippen LogP contribution >= 0.6 is 0 Å². The molecule has 1 aromatic carbocycles. The van der Waals surface area contributed by atoms with Crippen molar-refractivity contribution < 1.29 is 8.42 Å². The van der Waals surface area contributed by atoms with Crippen LogP contribution in [0.1, 0.15) is 13.3 Å². The van der Waals surface area contributed by atoms with Crippen LogP contribution in [0.15, 0.2) is 41.8 Å². The van der Waals surface area contributed by atoms with Gasteiger partial charge in [0.25, 0.3) is 0 Å². The maximum absolute atomic E-state index is 11.5. The molecule has 0 heterocycles. The molecular formula is C12H17NO2S. The van der Waals surface area contributed by atoms with E-state index in [-0.39, 0.29) is 6.04 Å². The minimum atomic E-state index is -3.18. The second kappa shape index (κ2) is 5.16. The lowest BCUT2D eigenvalue weighted by molar-refractivity contribution is 0.602. The zero-order chi connectivity index (χ0) is 12.2. The Labute approximate surface area is 97.1 Å². The van der Waals surface area contributed by atoms with Crippen LogP contribution in [0.5, 0.6) is 0 Å². The zero-order valence-corrected chi connectivity index (χ0v) is 10.4. The van der Waals surface area contributed by atoms with Gasteiger partial charge in [-0.15, -0.1) is 6.58 Å². The normalized spacial score (nSPS) is 13.1. The highest BCUT2D eigenvalue weighted by Gasteiger charge is 2.13. The van der Waals surface area contributed by atoms with Gasteiger partial charge >= 0.3 is 0 Å². The van der Waals surface area contributed by atoms with Crippen LogP contribution < -0.4 is 5.32 Å². The summed E-state index contributed by atoms with van der Waals surface area (Å²) in [6, 6.07) is 7.09. The van der Waals surface area contributed by atoms with Crippen LogP contribution in [0.3, 0.4) is 0 Å². The first-order valence-corrected chi connectivity index (χ1v) is 7.01. The first-order valence-electron chi connectivity index (χ1n) is 5.11. The molecule has 88 valence electrons. The van der Waals surface area contributed by atoms with Crippen molar-refractivity contribution in [3.8, 4) is 0 Å². The van der Waals surface area contributed by atoms with Crippen LogP contribution in [0.25, 0.3) is 0 Å². The molecule has 0 saturated carbocycles. The van der Waals surface area contributed by atoms with Crippen LogP contribution in [-0.2, 0) is 9.84 Å². The molecule has 3 nitrogen and oxygen atoms in total. The van der Waals surface area contributed by atoms with Crippen molar-refractivity contribution in [1.29, 1.82) is 0 Å². The highest BCUT2D eigenvalue weighted by Crippen LogP contribution is 2.21. The van der Waals surface area contributed by atoms with Gasteiger partial charge in [-0.3, -0.25) is 0 Å². The van der Waals surface area contributed by atoms with Crippen molar-refractivity contribution in [3.63, 3.8) is 0 Å². The third-order valence-corrected chi connectivity index (χ3v) is 3.36. The van der Waals surface area contributed by atoms with Crippen molar-refractivity contribution in [2.75, 3.05) is 11.6 Å². The van der Waals surface area contributed by atoms with E-state index in [4.69, 9.17) is 0 Å². The fourth-order valence-electron chi connectivity index (χ4n) is 1.48. The number of hydrogen-bond acceptors (Lipinski definition) is 3. The van der Waals surface area contributed by atoms with Crippen LogP contribution in [0, 0.1) is 0 Å². The van der Waals surface area contributed by atoms with E-state index in [1.165, 1.54) is 6.26 Å². The van der Waals surface area contributed by atoms with Gasteiger partial charge in [0.2, 0.25) is 0 Å². The van der Waals surface area contributed by atoms with E-state index in [0.29, 0.717) is 10.6 Å². The Balaban J connectivity index is 3.01. The van der Waals surface area contributed by atoms with Gasteiger partial charge in [0.05, 0.1) is 10.6 Å². The first kappa shape index (κ1) is 12.8. The number of rotatable bonds is 5. The summed E-state index contributed by atoms with van der Waals surface area (Å²) in [5, 5.41) is 3.17. The zero-order valence-electron chi connectivity index (χ0n) is 9.60. The predicted molar refractivity (Wildman–Crippen MR) is 67.5 cm³/mol. The van der Waals surface area contributed by atoms with Gasteiger partial charge in [-0.1, -0.05) is 18.2 Å². The molecule has 0 aliphatic heterocycles. The lowest BCUT2D eigenvalue weighted by Crippen LogP contribution is -2.16. The lowest BCUT2D eigenvalue weighted by Gasteiger charge is -2.15. The number of nitrogens with one attached hydrogen (secondary N) is 1. The molecule has 0 radical (unpaired) electrons. The summed E-state index contributed by atoms with van der Waals surface area (Å²) >= 11 is 0. The van der Waals surface area contributed by atoms with Crippen molar-refractivity contribution in [2.45, 2.75) is 24.3 Å². The molecule has 0 spiro atoms. The number of sulfone groups is 1. The average Bonchev–Trinajstić information content (AvgIpc) is 2.17. The summed E-state index contributed by atoms with van der Waals surface area (Å²) in [5.41, 5.74) is 0.652.